The lowest BCUT2D eigenvalue weighted by molar-refractivity contribution is 1.37. The standard InChI is InChI=1S/C7H3Br2NS2.C3H2BrNS/c8-4-1-2-11-5(4)6-7(9)10-3-12-6;4-3-1-6-2-5-3/h1-3H;1-2H. The molecule has 0 unspecified atom stereocenters. The number of nitrogens with zero attached hydrogens (tertiary/aromatic N) is 2. The van der Waals surface area contributed by atoms with Crippen molar-refractivity contribution in [3.63, 3.8) is 0 Å². The average molecular weight is 489 g/mol. The van der Waals surface area contributed by atoms with Gasteiger partial charge in [-0.15, -0.1) is 34.0 Å². The van der Waals surface area contributed by atoms with Crippen molar-refractivity contribution in [1.29, 1.82) is 0 Å². The van der Waals surface area contributed by atoms with Crippen LogP contribution in [0.2, 0.25) is 0 Å². The van der Waals surface area contributed by atoms with Crippen LogP contribution in [0.4, 0.5) is 0 Å². The maximum absolute atomic E-state index is 4.13. The van der Waals surface area contributed by atoms with Crippen LogP contribution in [0.15, 0.2) is 41.5 Å². The molecule has 0 radical (unpaired) electrons. The molecular weight excluding hydrogens is 484 g/mol. The van der Waals surface area contributed by atoms with E-state index in [9.17, 15) is 0 Å². The summed E-state index contributed by atoms with van der Waals surface area (Å²) in [5.41, 5.74) is 3.62. The van der Waals surface area contributed by atoms with Crippen LogP contribution in [0, 0.1) is 0 Å². The molecule has 3 heterocycles. The van der Waals surface area contributed by atoms with Gasteiger partial charge in [0.05, 0.1) is 20.8 Å². The fourth-order valence-electron chi connectivity index (χ4n) is 1.03. The lowest BCUT2D eigenvalue weighted by Gasteiger charge is -1.92. The fourth-order valence-corrected chi connectivity index (χ4v) is 5.41. The minimum atomic E-state index is 0.924. The zero-order chi connectivity index (χ0) is 13.0. The first-order chi connectivity index (χ1) is 8.68. The normalized spacial score (nSPS) is 9.94. The van der Waals surface area contributed by atoms with Crippen molar-refractivity contribution in [1.82, 2.24) is 9.97 Å². The minimum Gasteiger partial charge on any atom is -0.238 e. The molecule has 0 saturated heterocycles. The summed E-state index contributed by atoms with van der Waals surface area (Å²) in [6.45, 7) is 0. The largest absolute Gasteiger partial charge is 0.238 e. The number of rotatable bonds is 1. The second-order valence-corrected chi connectivity index (χ2v) is 7.79. The summed E-state index contributed by atoms with van der Waals surface area (Å²) in [7, 11) is 0. The van der Waals surface area contributed by atoms with Crippen LogP contribution in [0.5, 0.6) is 0 Å². The highest BCUT2D eigenvalue weighted by Crippen LogP contribution is 2.39. The van der Waals surface area contributed by atoms with E-state index in [4.69, 9.17) is 0 Å². The number of thiophene rings is 1. The maximum Gasteiger partial charge on any atom is 0.125 e. The number of hydrogen-bond donors (Lipinski definition) is 0. The Morgan fingerprint density at radius 3 is 2.17 bits per heavy atom. The summed E-state index contributed by atoms with van der Waals surface area (Å²) in [6.07, 6.45) is 0. The van der Waals surface area contributed by atoms with Crippen molar-refractivity contribution in [2.75, 3.05) is 0 Å². The van der Waals surface area contributed by atoms with Crippen LogP contribution in [0.25, 0.3) is 9.75 Å². The Morgan fingerprint density at radius 2 is 1.78 bits per heavy atom. The van der Waals surface area contributed by atoms with Crippen LogP contribution in [0.1, 0.15) is 0 Å². The second-order valence-electron chi connectivity index (χ2n) is 2.88. The summed E-state index contributed by atoms with van der Waals surface area (Å²) < 4.78 is 2.99. The van der Waals surface area contributed by atoms with Crippen molar-refractivity contribution in [3.05, 3.63) is 41.5 Å². The van der Waals surface area contributed by atoms with Gasteiger partial charge in [-0.1, -0.05) is 0 Å². The van der Waals surface area contributed by atoms with Crippen molar-refractivity contribution in [2.24, 2.45) is 0 Å². The number of hydrogen-bond acceptors (Lipinski definition) is 5. The molecule has 3 aromatic rings. The van der Waals surface area contributed by atoms with Crippen LogP contribution in [0.3, 0.4) is 0 Å². The summed E-state index contributed by atoms with van der Waals surface area (Å²) in [5.74, 6) is 0. The van der Waals surface area contributed by atoms with Crippen LogP contribution in [-0.2, 0) is 0 Å². The molecule has 2 nitrogen and oxygen atoms in total. The van der Waals surface area contributed by atoms with E-state index in [1.807, 2.05) is 17.0 Å². The summed E-state index contributed by atoms with van der Waals surface area (Å²) in [5, 5.41) is 3.99. The average Bonchev–Trinajstić information content (AvgIpc) is 3.03. The topological polar surface area (TPSA) is 25.8 Å². The Balaban J connectivity index is 0.000000169. The van der Waals surface area contributed by atoms with Gasteiger partial charge in [0.1, 0.15) is 9.21 Å². The van der Waals surface area contributed by atoms with Crippen LogP contribution < -0.4 is 0 Å². The van der Waals surface area contributed by atoms with E-state index >= 15 is 0 Å². The zero-order valence-electron chi connectivity index (χ0n) is 8.64. The smallest absolute Gasteiger partial charge is 0.125 e. The van der Waals surface area contributed by atoms with Gasteiger partial charge < -0.3 is 0 Å². The van der Waals surface area contributed by atoms with Gasteiger partial charge in [-0.2, -0.15) is 0 Å². The van der Waals surface area contributed by atoms with Gasteiger partial charge in [-0.3, -0.25) is 0 Å². The molecule has 94 valence electrons. The lowest BCUT2D eigenvalue weighted by atomic mass is 10.4. The summed E-state index contributed by atoms with van der Waals surface area (Å²) in [4.78, 5) is 10.4. The van der Waals surface area contributed by atoms with Crippen molar-refractivity contribution in [3.8, 4) is 9.75 Å². The molecule has 0 saturated carbocycles. The Morgan fingerprint density at radius 1 is 0.944 bits per heavy atom. The van der Waals surface area contributed by atoms with E-state index < -0.39 is 0 Å². The highest BCUT2D eigenvalue weighted by Gasteiger charge is 2.10. The third kappa shape index (κ3) is 3.94. The highest BCUT2D eigenvalue weighted by molar-refractivity contribution is 9.11. The van der Waals surface area contributed by atoms with E-state index in [-0.39, 0.29) is 0 Å². The van der Waals surface area contributed by atoms with Gasteiger partial charge in [0.15, 0.2) is 0 Å². The first-order valence-corrected chi connectivity index (χ1v) is 9.62. The van der Waals surface area contributed by atoms with Crippen molar-refractivity contribution >= 4 is 81.8 Å². The first-order valence-electron chi connectivity index (χ1n) is 4.54. The van der Waals surface area contributed by atoms with Gasteiger partial charge >= 0.3 is 0 Å². The minimum absolute atomic E-state index is 0.924. The molecule has 0 atom stereocenters. The summed E-state index contributed by atoms with van der Waals surface area (Å²) in [6, 6.07) is 2.05. The van der Waals surface area contributed by atoms with Gasteiger partial charge in [0.2, 0.25) is 0 Å². The zero-order valence-corrected chi connectivity index (χ0v) is 15.8. The highest BCUT2D eigenvalue weighted by atomic mass is 79.9. The second kappa shape index (κ2) is 7.25. The lowest BCUT2D eigenvalue weighted by Crippen LogP contribution is -1.67. The van der Waals surface area contributed by atoms with Gasteiger partial charge in [0, 0.05) is 9.85 Å². The first kappa shape index (κ1) is 14.8. The molecule has 0 bridgehead atoms. The van der Waals surface area contributed by atoms with E-state index in [0.29, 0.717) is 0 Å². The SMILES string of the molecule is Brc1ccsc1-c1scnc1Br.Brc1cscn1. The molecule has 0 amide bonds. The molecule has 0 spiro atoms. The van der Waals surface area contributed by atoms with E-state index in [2.05, 4.69) is 63.1 Å². The van der Waals surface area contributed by atoms with Gasteiger partial charge in [-0.25, -0.2) is 9.97 Å². The molecular formula is C10H5Br3N2S3. The molecule has 18 heavy (non-hydrogen) atoms. The molecule has 8 heteroatoms. The molecule has 3 aromatic heterocycles. The Bertz CT molecular complexity index is 565. The van der Waals surface area contributed by atoms with E-state index in [1.165, 1.54) is 9.75 Å². The molecule has 0 aliphatic heterocycles. The Kier molecular flexibility index (Phi) is 5.96. The van der Waals surface area contributed by atoms with E-state index in [1.54, 1.807) is 39.5 Å². The molecule has 0 aliphatic carbocycles. The third-order valence-electron chi connectivity index (χ3n) is 1.75. The third-order valence-corrected chi connectivity index (χ3v) is 6.76. The maximum atomic E-state index is 4.13. The Hall–Kier alpha value is 0.400. The predicted octanol–water partition coefficient (Wildman–Crippen LogP) is 6.30. The number of halogens is 3. The predicted molar refractivity (Wildman–Crippen MR) is 90.6 cm³/mol. The fraction of sp³-hybridized carbons (Fsp3) is 0. The molecule has 0 N–H and O–H groups in total. The molecule has 0 aliphatic rings. The van der Waals surface area contributed by atoms with Crippen molar-refractivity contribution < 1.29 is 0 Å². The van der Waals surface area contributed by atoms with Gasteiger partial charge in [-0.05, 0) is 59.2 Å². The number of thiazole rings is 2. The van der Waals surface area contributed by atoms with Gasteiger partial charge in [0.25, 0.3) is 0 Å². The van der Waals surface area contributed by atoms with E-state index in [0.717, 1.165) is 13.7 Å². The molecule has 3 rings (SSSR count). The molecule has 0 fully saturated rings. The monoisotopic (exact) mass is 486 g/mol. The van der Waals surface area contributed by atoms with Crippen LogP contribution in [-0.4, -0.2) is 9.97 Å². The Labute approximate surface area is 142 Å². The van der Waals surface area contributed by atoms with Crippen molar-refractivity contribution in [2.45, 2.75) is 0 Å². The quantitative estimate of drug-likeness (QED) is 0.401. The number of aromatic nitrogens is 2. The summed E-state index contributed by atoms with van der Waals surface area (Å²) >= 11 is 15.0. The molecule has 0 aromatic carbocycles. The van der Waals surface area contributed by atoms with Crippen LogP contribution >= 0.6 is 81.8 Å².